The fraction of sp³-hybridized carbons (Fsp3) is 0.444. The molecule has 0 bridgehead atoms. The summed E-state index contributed by atoms with van der Waals surface area (Å²) in [5.74, 6) is -0.242. The number of carbonyl (C=O) groups is 1. The Bertz CT molecular complexity index is 1210. The number of benzene rings is 2. The number of rotatable bonds is 12. The van der Waals surface area contributed by atoms with Crippen LogP contribution in [-0.2, 0) is 14.0 Å². The molecule has 3 rings (SSSR count). The second-order valence-corrected chi connectivity index (χ2v) is 15.0. The van der Waals surface area contributed by atoms with Gasteiger partial charge in [-0.25, -0.2) is 18.9 Å². The number of anilines is 1. The van der Waals surface area contributed by atoms with Gasteiger partial charge in [0.15, 0.2) is 14.4 Å². The Kier molecular flexibility index (Phi) is 9.50. The van der Waals surface area contributed by atoms with Gasteiger partial charge in [-0.15, -0.1) is 0 Å². The molecule has 0 spiro atoms. The number of aromatic nitrogens is 3. The maximum Gasteiger partial charge on any atom is 0.333 e. The van der Waals surface area contributed by atoms with Crippen LogP contribution in [0.5, 0.6) is 11.5 Å². The molecule has 0 radical (unpaired) electrons. The number of hydrogen-bond donors (Lipinski definition) is 1. The van der Waals surface area contributed by atoms with Crippen LogP contribution in [-0.4, -0.2) is 56.0 Å². The highest BCUT2D eigenvalue weighted by molar-refractivity contribution is 6.74. The van der Waals surface area contributed by atoms with Gasteiger partial charge in [-0.2, -0.15) is 5.10 Å². The van der Waals surface area contributed by atoms with Crippen LogP contribution in [0.25, 0.3) is 5.69 Å². The average molecular weight is 545 g/mol. The van der Waals surface area contributed by atoms with Gasteiger partial charge >= 0.3 is 5.97 Å². The number of hydrogen-bond acceptors (Lipinski definition) is 8. The second kappa shape index (κ2) is 12.4. The van der Waals surface area contributed by atoms with E-state index < -0.39 is 26.1 Å². The zero-order valence-corrected chi connectivity index (χ0v) is 24.1. The Morgan fingerprint density at radius 2 is 1.92 bits per heavy atom. The number of methoxy groups -OCH3 is 1. The summed E-state index contributed by atoms with van der Waals surface area (Å²) in [7, 11) is -0.424. The van der Waals surface area contributed by atoms with Gasteiger partial charge in [-0.1, -0.05) is 20.8 Å². The molecule has 0 aliphatic carbocycles. The van der Waals surface area contributed by atoms with Gasteiger partial charge in [-0.05, 0) is 43.3 Å². The van der Waals surface area contributed by atoms with Crippen LogP contribution in [0, 0.1) is 5.82 Å². The number of nitrogens with one attached hydrogen (secondary N) is 1. The van der Waals surface area contributed by atoms with Crippen molar-refractivity contribution in [3.8, 4) is 17.2 Å². The average Bonchev–Trinajstić information content (AvgIpc) is 3.40. The first kappa shape index (κ1) is 29.1. The van der Waals surface area contributed by atoms with E-state index in [1.54, 1.807) is 43.2 Å². The molecule has 1 atom stereocenters. The van der Waals surface area contributed by atoms with Crippen LogP contribution in [0.3, 0.4) is 0 Å². The predicted octanol–water partition coefficient (Wildman–Crippen LogP) is 5.53. The standard InChI is InChI=1S/C27H37FN4O5Si/c1-8-35-26(33)25(31-20-14-21(16-22(15-20)34-5)32-18-29-17-30-32)23-10-9-19(28)13-24(23)36-11-12-37-38(6,7)27(2,3)4/h9-10,13-18,25,31H,8,11-12H2,1-7H3. The normalized spacial score (nSPS) is 12.6. The Morgan fingerprint density at radius 3 is 2.55 bits per heavy atom. The highest BCUT2D eigenvalue weighted by atomic mass is 28.4. The van der Waals surface area contributed by atoms with Crippen LogP contribution in [0.1, 0.15) is 39.3 Å². The molecule has 11 heteroatoms. The number of nitrogens with zero attached hydrogens (tertiary/aromatic N) is 3. The Balaban J connectivity index is 1.89. The van der Waals surface area contributed by atoms with Crippen LogP contribution in [0.15, 0.2) is 49.1 Å². The van der Waals surface area contributed by atoms with Gasteiger partial charge in [0.25, 0.3) is 0 Å². The Hall–Kier alpha value is -3.44. The summed E-state index contributed by atoms with van der Waals surface area (Å²) in [6, 6.07) is 8.41. The molecule has 38 heavy (non-hydrogen) atoms. The zero-order valence-electron chi connectivity index (χ0n) is 23.1. The molecule has 0 amide bonds. The van der Waals surface area contributed by atoms with E-state index in [4.69, 9.17) is 18.6 Å². The summed E-state index contributed by atoms with van der Waals surface area (Å²) >= 11 is 0. The monoisotopic (exact) mass is 544 g/mol. The summed E-state index contributed by atoms with van der Waals surface area (Å²) in [6.45, 7) is 13.2. The minimum Gasteiger partial charge on any atom is -0.497 e. The van der Waals surface area contributed by atoms with Gasteiger partial charge in [0, 0.05) is 29.4 Å². The molecule has 0 aliphatic rings. The minimum absolute atomic E-state index is 0.0533. The van der Waals surface area contributed by atoms with E-state index >= 15 is 0 Å². The molecule has 1 aromatic heterocycles. The van der Waals surface area contributed by atoms with E-state index in [1.807, 2.05) is 0 Å². The molecule has 1 heterocycles. The summed E-state index contributed by atoms with van der Waals surface area (Å²) in [6.07, 6.45) is 2.98. The SMILES string of the molecule is CCOC(=O)C(Nc1cc(OC)cc(-n2cncn2)c1)c1ccc(F)cc1OCCO[Si](C)(C)C(C)(C)C. The molecule has 2 aromatic carbocycles. The fourth-order valence-corrected chi connectivity index (χ4v) is 4.48. The molecular formula is C27H37FN4O5Si. The number of carbonyl (C=O) groups excluding carboxylic acids is 1. The van der Waals surface area contributed by atoms with Gasteiger partial charge in [-0.3, -0.25) is 0 Å². The molecule has 206 valence electrons. The lowest BCUT2D eigenvalue weighted by Gasteiger charge is -2.36. The highest BCUT2D eigenvalue weighted by Gasteiger charge is 2.37. The van der Waals surface area contributed by atoms with Crippen LogP contribution >= 0.6 is 0 Å². The fourth-order valence-electron chi connectivity index (χ4n) is 3.45. The van der Waals surface area contributed by atoms with Crippen molar-refractivity contribution in [2.75, 3.05) is 32.2 Å². The molecule has 1 N–H and O–H groups in total. The number of halogens is 1. The third-order valence-electron chi connectivity index (χ3n) is 6.54. The first-order valence-electron chi connectivity index (χ1n) is 12.5. The van der Waals surface area contributed by atoms with Gasteiger partial charge < -0.3 is 24.0 Å². The maximum absolute atomic E-state index is 14.3. The van der Waals surface area contributed by atoms with Gasteiger partial charge in [0.1, 0.15) is 36.6 Å². The first-order chi connectivity index (χ1) is 17.9. The summed E-state index contributed by atoms with van der Waals surface area (Å²) < 4.78 is 38.8. The quantitative estimate of drug-likeness (QED) is 0.181. The number of ether oxygens (including phenoxy) is 3. The molecule has 0 saturated carbocycles. The smallest absolute Gasteiger partial charge is 0.333 e. The van der Waals surface area contributed by atoms with E-state index in [-0.39, 0.29) is 24.0 Å². The van der Waals surface area contributed by atoms with Crippen molar-refractivity contribution in [1.29, 1.82) is 0 Å². The topological polar surface area (TPSA) is 96.7 Å². The van der Waals surface area contributed by atoms with Gasteiger partial charge in [0.2, 0.25) is 0 Å². The lowest BCUT2D eigenvalue weighted by molar-refractivity contribution is -0.144. The van der Waals surface area contributed by atoms with Crippen LogP contribution in [0.4, 0.5) is 10.1 Å². The third kappa shape index (κ3) is 7.32. The van der Waals surface area contributed by atoms with E-state index in [2.05, 4.69) is 49.3 Å². The second-order valence-electron chi connectivity index (χ2n) is 10.2. The van der Waals surface area contributed by atoms with Crippen molar-refractivity contribution >= 4 is 20.0 Å². The molecule has 3 aromatic rings. The van der Waals surface area contributed by atoms with E-state index in [1.165, 1.54) is 24.5 Å². The lowest BCUT2D eigenvalue weighted by atomic mass is 10.0. The Morgan fingerprint density at radius 1 is 1.16 bits per heavy atom. The molecule has 0 saturated heterocycles. The molecule has 1 unspecified atom stereocenters. The van der Waals surface area contributed by atoms with Crippen molar-refractivity contribution in [1.82, 2.24) is 14.8 Å². The molecular weight excluding hydrogens is 507 g/mol. The summed E-state index contributed by atoms with van der Waals surface area (Å²) in [4.78, 5) is 17.1. The Labute approximate surface area is 224 Å². The minimum atomic E-state index is -1.97. The van der Waals surface area contributed by atoms with Crippen LogP contribution in [0.2, 0.25) is 18.1 Å². The lowest BCUT2D eigenvalue weighted by Crippen LogP contribution is -2.41. The molecule has 0 fully saturated rings. The number of esters is 1. The van der Waals surface area contributed by atoms with E-state index in [0.29, 0.717) is 29.3 Å². The zero-order chi connectivity index (χ0) is 27.9. The van der Waals surface area contributed by atoms with Crippen molar-refractivity contribution in [2.45, 2.75) is 51.9 Å². The summed E-state index contributed by atoms with van der Waals surface area (Å²) in [5, 5.41) is 7.42. The predicted molar refractivity (Wildman–Crippen MR) is 146 cm³/mol. The van der Waals surface area contributed by atoms with Gasteiger partial charge in [0.05, 0.1) is 26.0 Å². The van der Waals surface area contributed by atoms with E-state index in [9.17, 15) is 9.18 Å². The third-order valence-corrected chi connectivity index (χ3v) is 11.1. The van der Waals surface area contributed by atoms with Crippen molar-refractivity contribution < 1.29 is 27.8 Å². The van der Waals surface area contributed by atoms with Crippen molar-refractivity contribution in [2.24, 2.45) is 0 Å². The first-order valence-corrected chi connectivity index (χ1v) is 15.4. The highest BCUT2D eigenvalue weighted by Crippen LogP contribution is 2.37. The van der Waals surface area contributed by atoms with Crippen molar-refractivity contribution in [3.05, 3.63) is 60.4 Å². The molecule has 0 aliphatic heterocycles. The van der Waals surface area contributed by atoms with E-state index in [0.717, 1.165) is 0 Å². The molecule has 9 nitrogen and oxygen atoms in total. The largest absolute Gasteiger partial charge is 0.497 e. The van der Waals surface area contributed by atoms with Crippen LogP contribution < -0.4 is 14.8 Å². The van der Waals surface area contributed by atoms with Crippen molar-refractivity contribution in [3.63, 3.8) is 0 Å². The maximum atomic E-state index is 14.3. The summed E-state index contributed by atoms with van der Waals surface area (Å²) in [5.41, 5.74) is 1.66.